The monoisotopic (exact) mass is 211 g/mol. The molecule has 1 saturated heterocycles. The summed E-state index contributed by atoms with van der Waals surface area (Å²) in [5.74, 6) is 1.04. The third-order valence-electron chi connectivity index (χ3n) is 3.60. The summed E-state index contributed by atoms with van der Waals surface area (Å²) in [4.78, 5) is 5.21. The van der Waals surface area contributed by atoms with E-state index in [0.717, 1.165) is 5.92 Å². The number of rotatable bonds is 6. The fraction of sp³-hybridized carbons (Fsp3) is 1.00. The van der Waals surface area contributed by atoms with Gasteiger partial charge in [0.2, 0.25) is 0 Å². The smallest absolute Gasteiger partial charge is 0.0110 e. The van der Waals surface area contributed by atoms with Crippen LogP contribution in [0.25, 0.3) is 0 Å². The van der Waals surface area contributed by atoms with Crippen molar-refractivity contribution < 1.29 is 0 Å². The summed E-state index contributed by atoms with van der Waals surface area (Å²) in [5.41, 5.74) is 0. The average molecular weight is 211 g/mol. The third kappa shape index (κ3) is 4.09. The third-order valence-corrected chi connectivity index (χ3v) is 3.60. The van der Waals surface area contributed by atoms with Gasteiger partial charge in [-0.3, -0.25) is 4.90 Å². The predicted octanol–water partition coefficient (Wildman–Crippen LogP) is 0.623. The van der Waals surface area contributed by atoms with Crippen LogP contribution in [0, 0.1) is 5.92 Å². The van der Waals surface area contributed by atoms with Crippen LogP contribution in [-0.2, 0) is 0 Å². The predicted molar refractivity (Wildman–Crippen MR) is 64.1 cm³/mol. The number of hydrogen-bond acceptors (Lipinski definition) is 3. The molecule has 15 heavy (non-hydrogen) atoms. The van der Waals surface area contributed by atoms with Gasteiger partial charge in [0.05, 0.1) is 0 Å². The van der Waals surface area contributed by atoms with E-state index in [2.05, 4.69) is 22.0 Å². The first kappa shape index (κ1) is 11.4. The highest BCUT2D eigenvalue weighted by atomic mass is 15.2. The molecule has 1 aliphatic carbocycles. The Hall–Kier alpha value is -0.120. The minimum Gasteiger partial charge on any atom is -0.314 e. The second-order valence-electron chi connectivity index (χ2n) is 4.93. The van der Waals surface area contributed by atoms with Crippen LogP contribution in [0.2, 0.25) is 0 Å². The summed E-state index contributed by atoms with van der Waals surface area (Å²) in [7, 11) is 0. The highest BCUT2D eigenvalue weighted by Crippen LogP contribution is 2.29. The second-order valence-corrected chi connectivity index (χ2v) is 4.93. The molecule has 2 aliphatic rings. The molecule has 0 spiro atoms. The van der Waals surface area contributed by atoms with Crippen molar-refractivity contribution >= 4 is 0 Å². The van der Waals surface area contributed by atoms with E-state index >= 15 is 0 Å². The SMILES string of the molecule is CCN(CCN1CCNCC1)CC1CC1. The minimum absolute atomic E-state index is 1.04. The lowest BCUT2D eigenvalue weighted by atomic mass is 10.3. The molecule has 0 aromatic rings. The Morgan fingerprint density at radius 2 is 2.00 bits per heavy atom. The van der Waals surface area contributed by atoms with Crippen LogP contribution in [0.4, 0.5) is 0 Å². The van der Waals surface area contributed by atoms with Gasteiger partial charge in [0.25, 0.3) is 0 Å². The molecule has 88 valence electrons. The molecule has 0 amide bonds. The molecule has 1 saturated carbocycles. The van der Waals surface area contributed by atoms with Gasteiger partial charge in [-0.25, -0.2) is 0 Å². The van der Waals surface area contributed by atoms with Crippen LogP contribution in [0.15, 0.2) is 0 Å². The van der Waals surface area contributed by atoms with Gasteiger partial charge in [0, 0.05) is 45.8 Å². The lowest BCUT2D eigenvalue weighted by molar-refractivity contribution is 0.189. The molecule has 0 bridgehead atoms. The molecule has 1 aliphatic heterocycles. The molecule has 1 N–H and O–H groups in total. The van der Waals surface area contributed by atoms with E-state index < -0.39 is 0 Å². The van der Waals surface area contributed by atoms with E-state index in [1.54, 1.807) is 0 Å². The second kappa shape index (κ2) is 5.83. The molecule has 3 nitrogen and oxygen atoms in total. The summed E-state index contributed by atoms with van der Waals surface area (Å²) < 4.78 is 0. The van der Waals surface area contributed by atoms with Gasteiger partial charge in [0.1, 0.15) is 0 Å². The van der Waals surface area contributed by atoms with E-state index in [9.17, 15) is 0 Å². The van der Waals surface area contributed by atoms with Crippen molar-refractivity contribution in [3.05, 3.63) is 0 Å². The van der Waals surface area contributed by atoms with E-state index in [0.29, 0.717) is 0 Å². The molecule has 0 unspecified atom stereocenters. The molecule has 0 radical (unpaired) electrons. The number of likely N-dealkylation sites (N-methyl/N-ethyl adjacent to an activating group) is 1. The largest absolute Gasteiger partial charge is 0.314 e. The van der Waals surface area contributed by atoms with E-state index in [1.165, 1.54) is 65.2 Å². The highest BCUT2D eigenvalue weighted by Gasteiger charge is 2.23. The Labute approximate surface area is 93.8 Å². The fourth-order valence-corrected chi connectivity index (χ4v) is 2.26. The fourth-order valence-electron chi connectivity index (χ4n) is 2.26. The van der Waals surface area contributed by atoms with Crippen molar-refractivity contribution in [1.82, 2.24) is 15.1 Å². The van der Waals surface area contributed by atoms with Gasteiger partial charge in [-0.2, -0.15) is 0 Å². The van der Waals surface area contributed by atoms with Crippen molar-refractivity contribution in [2.45, 2.75) is 19.8 Å². The summed E-state index contributed by atoms with van der Waals surface area (Å²) in [6.45, 7) is 12.2. The molecule has 2 fully saturated rings. The maximum atomic E-state index is 3.40. The highest BCUT2D eigenvalue weighted by molar-refractivity contribution is 4.77. The van der Waals surface area contributed by atoms with E-state index in [1.807, 2.05) is 0 Å². The molecule has 3 heteroatoms. The summed E-state index contributed by atoms with van der Waals surface area (Å²) in [6.07, 6.45) is 2.95. The van der Waals surface area contributed by atoms with Crippen LogP contribution in [0.3, 0.4) is 0 Å². The first-order valence-electron chi connectivity index (χ1n) is 6.54. The van der Waals surface area contributed by atoms with Gasteiger partial charge in [-0.05, 0) is 25.3 Å². The molecule has 0 aromatic heterocycles. The Balaban J connectivity index is 1.60. The van der Waals surface area contributed by atoms with Crippen molar-refractivity contribution in [1.29, 1.82) is 0 Å². The summed E-state index contributed by atoms with van der Waals surface area (Å²) in [5, 5.41) is 3.40. The van der Waals surface area contributed by atoms with Crippen molar-refractivity contribution in [2.75, 3.05) is 52.4 Å². The van der Waals surface area contributed by atoms with Gasteiger partial charge < -0.3 is 10.2 Å². The first-order valence-corrected chi connectivity index (χ1v) is 6.54. The Bertz CT molecular complexity index is 174. The van der Waals surface area contributed by atoms with Gasteiger partial charge >= 0.3 is 0 Å². The van der Waals surface area contributed by atoms with Gasteiger partial charge in [0.15, 0.2) is 0 Å². The number of piperazine rings is 1. The zero-order chi connectivity index (χ0) is 10.5. The molecule has 0 atom stereocenters. The maximum absolute atomic E-state index is 3.40. The van der Waals surface area contributed by atoms with Crippen LogP contribution in [0.5, 0.6) is 0 Å². The van der Waals surface area contributed by atoms with Crippen LogP contribution in [0.1, 0.15) is 19.8 Å². The van der Waals surface area contributed by atoms with Crippen molar-refractivity contribution in [3.63, 3.8) is 0 Å². The lowest BCUT2D eigenvalue weighted by Gasteiger charge is -2.30. The lowest BCUT2D eigenvalue weighted by Crippen LogP contribution is -2.46. The first-order chi connectivity index (χ1) is 7.38. The van der Waals surface area contributed by atoms with Crippen LogP contribution in [-0.4, -0.2) is 62.2 Å². The van der Waals surface area contributed by atoms with Crippen LogP contribution < -0.4 is 5.32 Å². The summed E-state index contributed by atoms with van der Waals surface area (Å²) >= 11 is 0. The minimum atomic E-state index is 1.04. The Kier molecular flexibility index (Phi) is 4.42. The quantitative estimate of drug-likeness (QED) is 0.695. The number of hydrogen-bond donors (Lipinski definition) is 1. The molecule has 0 aromatic carbocycles. The van der Waals surface area contributed by atoms with E-state index in [-0.39, 0.29) is 0 Å². The molecule has 2 rings (SSSR count). The maximum Gasteiger partial charge on any atom is 0.0110 e. The van der Waals surface area contributed by atoms with E-state index in [4.69, 9.17) is 0 Å². The topological polar surface area (TPSA) is 18.5 Å². The number of nitrogens with one attached hydrogen (secondary N) is 1. The Morgan fingerprint density at radius 1 is 1.27 bits per heavy atom. The molecular weight excluding hydrogens is 186 g/mol. The standard InChI is InChI=1S/C12H25N3/c1-2-14(11-12-3-4-12)9-10-15-7-5-13-6-8-15/h12-13H,2-11H2,1H3. The van der Waals surface area contributed by atoms with Crippen molar-refractivity contribution in [3.8, 4) is 0 Å². The zero-order valence-electron chi connectivity index (χ0n) is 10.0. The average Bonchev–Trinajstić information content (AvgIpc) is 3.09. The van der Waals surface area contributed by atoms with Crippen LogP contribution >= 0.6 is 0 Å². The Morgan fingerprint density at radius 3 is 2.60 bits per heavy atom. The van der Waals surface area contributed by atoms with Gasteiger partial charge in [-0.1, -0.05) is 6.92 Å². The van der Waals surface area contributed by atoms with Crippen molar-refractivity contribution in [2.24, 2.45) is 5.92 Å². The molecular formula is C12H25N3. The molecule has 1 heterocycles. The summed E-state index contributed by atoms with van der Waals surface area (Å²) in [6, 6.07) is 0. The number of nitrogens with zero attached hydrogens (tertiary/aromatic N) is 2. The zero-order valence-corrected chi connectivity index (χ0v) is 10.0. The van der Waals surface area contributed by atoms with Gasteiger partial charge in [-0.15, -0.1) is 0 Å². The normalized spacial score (nSPS) is 23.6.